The summed E-state index contributed by atoms with van der Waals surface area (Å²) in [6, 6.07) is 7.65. The number of sulfonamides is 1. The quantitative estimate of drug-likeness (QED) is 0.856. The highest BCUT2D eigenvalue weighted by atomic mass is 35.5. The maximum absolute atomic E-state index is 12.3. The number of nitrogens with one attached hydrogen (secondary N) is 1. The lowest BCUT2D eigenvalue weighted by atomic mass is 10.2. The van der Waals surface area contributed by atoms with E-state index in [4.69, 9.17) is 11.6 Å². The lowest BCUT2D eigenvalue weighted by Crippen LogP contribution is -2.50. The van der Waals surface area contributed by atoms with Gasteiger partial charge in [0.1, 0.15) is 5.88 Å². The van der Waals surface area contributed by atoms with Gasteiger partial charge in [0.25, 0.3) is 0 Å². The van der Waals surface area contributed by atoms with Crippen LogP contribution in [-0.4, -0.2) is 51.3 Å². The molecular formula is C15H24ClN3O2S. The lowest BCUT2D eigenvalue weighted by Gasteiger charge is -2.35. The van der Waals surface area contributed by atoms with Crippen LogP contribution in [-0.2, 0) is 10.0 Å². The number of rotatable bonds is 6. The van der Waals surface area contributed by atoms with E-state index < -0.39 is 10.0 Å². The van der Waals surface area contributed by atoms with E-state index in [2.05, 4.69) is 24.1 Å². The summed E-state index contributed by atoms with van der Waals surface area (Å²) in [5, 5.41) is 3.72. The predicted molar refractivity (Wildman–Crippen MR) is 91.9 cm³/mol. The molecule has 1 aliphatic rings. The van der Waals surface area contributed by atoms with Gasteiger partial charge in [0.05, 0.1) is 0 Å². The predicted octanol–water partition coefficient (Wildman–Crippen LogP) is 1.99. The third-order valence-electron chi connectivity index (χ3n) is 3.66. The Kier molecular flexibility index (Phi) is 6.09. The maximum Gasteiger partial charge on any atom is 0.227 e. The fourth-order valence-electron chi connectivity index (χ4n) is 2.44. The molecule has 0 atom stereocenters. The van der Waals surface area contributed by atoms with E-state index in [9.17, 15) is 8.42 Å². The van der Waals surface area contributed by atoms with Gasteiger partial charge in [0.15, 0.2) is 0 Å². The van der Waals surface area contributed by atoms with Gasteiger partial charge in [0, 0.05) is 36.9 Å². The van der Waals surface area contributed by atoms with Crippen molar-refractivity contribution in [3.05, 3.63) is 29.3 Å². The molecule has 22 heavy (non-hydrogen) atoms. The van der Waals surface area contributed by atoms with E-state index in [1.54, 1.807) is 4.31 Å². The van der Waals surface area contributed by atoms with Crippen LogP contribution in [0.4, 0.5) is 5.69 Å². The first kappa shape index (κ1) is 17.5. The Morgan fingerprint density at radius 3 is 2.27 bits per heavy atom. The second-order valence-corrected chi connectivity index (χ2v) is 8.37. The third-order valence-corrected chi connectivity index (χ3v) is 5.63. The van der Waals surface area contributed by atoms with Gasteiger partial charge in [0.2, 0.25) is 10.0 Å². The van der Waals surface area contributed by atoms with Crippen molar-refractivity contribution in [2.24, 2.45) is 5.92 Å². The molecule has 0 aromatic heterocycles. The molecule has 0 aliphatic carbocycles. The van der Waals surface area contributed by atoms with Gasteiger partial charge in [-0.1, -0.05) is 25.4 Å². The highest BCUT2D eigenvalue weighted by Gasteiger charge is 2.26. The number of nitrogens with zero attached hydrogens (tertiary/aromatic N) is 2. The van der Waals surface area contributed by atoms with E-state index in [0.29, 0.717) is 43.7 Å². The van der Waals surface area contributed by atoms with Gasteiger partial charge in [-0.25, -0.2) is 8.42 Å². The zero-order valence-corrected chi connectivity index (χ0v) is 14.7. The molecule has 1 aromatic rings. The van der Waals surface area contributed by atoms with Crippen molar-refractivity contribution >= 4 is 27.3 Å². The van der Waals surface area contributed by atoms with Crippen LogP contribution < -0.4 is 10.2 Å². The molecule has 2 rings (SSSR count). The zero-order chi connectivity index (χ0) is 16.2. The van der Waals surface area contributed by atoms with Crippen molar-refractivity contribution in [1.29, 1.82) is 0 Å². The number of halogens is 1. The minimum absolute atomic E-state index is 0.0200. The summed E-state index contributed by atoms with van der Waals surface area (Å²) in [6.07, 6.45) is 0. The smallest absolute Gasteiger partial charge is 0.227 e. The van der Waals surface area contributed by atoms with Crippen molar-refractivity contribution in [3.8, 4) is 0 Å². The normalized spacial score (nSPS) is 17.2. The van der Waals surface area contributed by atoms with Crippen LogP contribution in [0.1, 0.15) is 13.8 Å². The maximum atomic E-state index is 12.3. The van der Waals surface area contributed by atoms with Crippen LogP contribution in [0.5, 0.6) is 0 Å². The van der Waals surface area contributed by atoms with E-state index in [1.165, 1.54) is 0 Å². The Hall–Kier alpha value is -0.820. The summed E-state index contributed by atoms with van der Waals surface area (Å²) in [5.74, 6) is 0.462. The molecule has 0 bridgehead atoms. The molecule has 0 spiro atoms. The molecule has 1 heterocycles. The van der Waals surface area contributed by atoms with Crippen molar-refractivity contribution in [3.63, 3.8) is 0 Å². The second-order valence-electron chi connectivity index (χ2n) is 5.97. The third kappa shape index (κ3) is 4.84. The molecule has 124 valence electrons. The number of hydrogen-bond acceptors (Lipinski definition) is 4. The number of benzene rings is 1. The van der Waals surface area contributed by atoms with Crippen molar-refractivity contribution in [2.75, 3.05) is 43.5 Å². The number of anilines is 1. The van der Waals surface area contributed by atoms with Crippen LogP contribution in [0.2, 0.25) is 5.02 Å². The fraction of sp³-hybridized carbons (Fsp3) is 0.600. The van der Waals surface area contributed by atoms with Gasteiger partial charge in [-0.3, -0.25) is 0 Å². The first-order chi connectivity index (χ1) is 10.4. The van der Waals surface area contributed by atoms with Crippen LogP contribution >= 0.6 is 11.6 Å². The molecule has 5 nitrogen and oxygen atoms in total. The highest BCUT2D eigenvalue weighted by molar-refractivity contribution is 7.89. The zero-order valence-electron chi connectivity index (χ0n) is 13.1. The molecule has 1 aromatic carbocycles. The standard InChI is InChI=1S/C15H24ClN3O2S/c1-13(2)11-17-12-22(20,21)19-9-7-18(8-10-19)15-5-3-14(16)4-6-15/h3-6,13,17H,7-12H2,1-2H3. The summed E-state index contributed by atoms with van der Waals surface area (Å²) < 4.78 is 26.1. The minimum atomic E-state index is -3.22. The largest absolute Gasteiger partial charge is 0.369 e. The summed E-state index contributed by atoms with van der Waals surface area (Å²) in [7, 11) is -3.22. The Labute approximate surface area is 138 Å². The fourth-order valence-corrected chi connectivity index (χ4v) is 3.85. The molecule has 0 radical (unpaired) electrons. The molecule has 7 heteroatoms. The van der Waals surface area contributed by atoms with Crippen molar-refractivity contribution < 1.29 is 8.42 Å². The summed E-state index contributed by atoms with van der Waals surface area (Å²) >= 11 is 5.89. The topological polar surface area (TPSA) is 52.7 Å². The van der Waals surface area contributed by atoms with Gasteiger partial charge in [-0.2, -0.15) is 4.31 Å². The molecule has 1 N–H and O–H groups in total. The van der Waals surface area contributed by atoms with Crippen LogP contribution in [0.3, 0.4) is 0 Å². The summed E-state index contributed by atoms with van der Waals surface area (Å²) in [4.78, 5) is 2.18. The van der Waals surface area contributed by atoms with Crippen LogP contribution in [0.15, 0.2) is 24.3 Å². The van der Waals surface area contributed by atoms with E-state index in [-0.39, 0.29) is 5.88 Å². The van der Waals surface area contributed by atoms with Gasteiger partial charge >= 0.3 is 0 Å². The molecule has 0 saturated carbocycles. The molecular weight excluding hydrogens is 322 g/mol. The number of piperazine rings is 1. The van der Waals surface area contributed by atoms with Gasteiger partial charge < -0.3 is 10.2 Å². The molecule has 0 amide bonds. The number of hydrogen-bond donors (Lipinski definition) is 1. The average molecular weight is 346 g/mol. The van der Waals surface area contributed by atoms with E-state index >= 15 is 0 Å². The Bertz CT molecular complexity index is 567. The van der Waals surface area contributed by atoms with E-state index in [0.717, 1.165) is 5.69 Å². The highest BCUT2D eigenvalue weighted by Crippen LogP contribution is 2.20. The Morgan fingerprint density at radius 2 is 1.73 bits per heavy atom. The van der Waals surface area contributed by atoms with Gasteiger partial charge in [-0.15, -0.1) is 0 Å². The monoisotopic (exact) mass is 345 g/mol. The van der Waals surface area contributed by atoms with Crippen molar-refractivity contribution in [1.82, 2.24) is 9.62 Å². The van der Waals surface area contributed by atoms with Gasteiger partial charge in [-0.05, 0) is 36.7 Å². The molecule has 1 fully saturated rings. The van der Waals surface area contributed by atoms with E-state index in [1.807, 2.05) is 24.3 Å². The van der Waals surface area contributed by atoms with Crippen molar-refractivity contribution in [2.45, 2.75) is 13.8 Å². The minimum Gasteiger partial charge on any atom is -0.369 e. The molecule has 0 unspecified atom stereocenters. The van der Waals surface area contributed by atoms with Crippen LogP contribution in [0.25, 0.3) is 0 Å². The molecule has 1 aliphatic heterocycles. The summed E-state index contributed by atoms with van der Waals surface area (Å²) in [5.41, 5.74) is 1.08. The first-order valence-electron chi connectivity index (χ1n) is 7.57. The SMILES string of the molecule is CC(C)CNCS(=O)(=O)N1CCN(c2ccc(Cl)cc2)CC1. The lowest BCUT2D eigenvalue weighted by molar-refractivity contribution is 0.382. The average Bonchev–Trinajstić information content (AvgIpc) is 2.47. The first-order valence-corrected chi connectivity index (χ1v) is 9.56. The summed E-state index contributed by atoms with van der Waals surface area (Å²) in [6.45, 7) is 7.28. The molecule has 1 saturated heterocycles. The van der Waals surface area contributed by atoms with Crippen LogP contribution in [0, 0.1) is 5.92 Å². The second kappa shape index (κ2) is 7.64. The Morgan fingerprint density at radius 1 is 1.14 bits per heavy atom. The Balaban J connectivity index is 1.87.